The van der Waals surface area contributed by atoms with Crippen LogP contribution >= 0.6 is 15.9 Å². The normalized spacial score (nSPS) is 19.4. The third kappa shape index (κ3) is 1.68. The molecule has 1 aliphatic rings. The van der Waals surface area contributed by atoms with E-state index in [4.69, 9.17) is 0 Å². The average Bonchev–Trinajstić information content (AvgIpc) is 2.36. The van der Waals surface area contributed by atoms with Crippen LogP contribution in [0, 0.1) is 0 Å². The quantitative estimate of drug-likeness (QED) is 0.724. The topological polar surface area (TPSA) is 18.5 Å². The summed E-state index contributed by atoms with van der Waals surface area (Å²) >= 11 is 3.34. The molecule has 1 aliphatic heterocycles. The zero-order valence-electron chi connectivity index (χ0n) is 7.26. The van der Waals surface area contributed by atoms with Crippen molar-refractivity contribution in [2.24, 2.45) is 0 Å². The number of hydrogen-bond acceptors (Lipinski definition) is 2. The van der Waals surface area contributed by atoms with Gasteiger partial charge < -0.3 is 9.47 Å². The van der Waals surface area contributed by atoms with E-state index in [1.54, 1.807) is 6.07 Å². The van der Waals surface area contributed by atoms with E-state index in [0.29, 0.717) is 0 Å². The minimum Gasteiger partial charge on any atom is -0.395 e. The van der Waals surface area contributed by atoms with E-state index in [-0.39, 0.29) is 16.3 Å². The molecule has 0 saturated heterocycles. The number of hydrogen-bond donors (Lipinski definition) is 0. The fraction of sp³-hybridized carbons (Fsp3) is 0.333. The van der Waals surface area contributed by atoms with Crippen molar-refractivity contribution in [3.63, 3.8) is 0 Å². The Morgan fingerprint density at radius 2 is 1.93 bits per heavy atom. The lowest BCUT2D eigenvalue weighted by molar-refractivity contribution is -0.286. The molecule has 0 aliphatic carbocycles. The molecule has 1 heterocycles. The molecule has 0 saturated carbocycles. The van der Waals surface area contributed by atoms with Crippen LogP contribution in [0.4, 0.5) is 8.78 Å². The second kappa shape index (κ2) is 3.08. The standard InChI is InChI=1S/C9H7BrF2O2/c1-5(10)6-2-3-7-8(4-6)14-9(11,12)13-7/h2-5H,1H3. The molecule has 1 atom stereocenters. The Bertz CT molecular complexity index is 366. The zero-order valence-corrected chi connectivity index (χ0v) is 8.85. The summed E-state index contributed by atoms with van der Waals surface area (Å²) in [6.45, 7) is 1.90. The molecule has 1 unspecified atom stereocenters. The first kappa shape index (κ1) is 9.71. The van der Waals surface area contributed by atoms with Gasteiger partial charge in [0.1, 0.15) is 0 Å². The van der Waals surface area contributed by atoms with E-state index < -0.39 is 6.29 Å². The predicted molar refractivity (Wildman–Crippen MR) is 50.0 cm³/mol. The summed E-state index contributed by atoms with van der Waals surface area (Å²) in [5.41, 5.74) is 0.866. The smallest absolute Gasteiger partial charge is 0.395 e. The van der Waals surface area contributed by atoms with Crippen molar-refractivity contribution < 1.29 is 18.3 Å². The fourth-order valence-corrected chi connectivity index (χ4v) is 1.50. The van der Waals surface area contributed by atoms with Gasteiger partial charge in [-0.2, -0.15) is 0 Å². The lowest BCUT2D eigenvalue weighted by atomic mass is 10.1. The fourth-order valence-electron chi connectivity index (χ4n) is 1.21. The lowest BCUT2D eigenvalue weighted by Crippen LogP contribution is -2.25. The molecule has 0 N–H and O–H groups in total. The van der Waals surface area contributed by atoms with E-state index in [1.807, 2.05) is 6.92 Å². The van der Waals surface area contributed by atoms with Crippen molar-refractivity contribution in [2.45, 2.75) is 18.0 Å². The molecule has 2 rings (SSSR count). The van der Waals surface area contributed by atoms with Gasteiger partial charge in [-0.25, -0.2) is 0 Å². The first-order valence-electron chi connectivity index (χ1n) is 4.02. The summed E-state index contributed by atoms with van der Waals surface area (Å²) in [4.78, 5) is 0.0885. The first-order chi connectivity index (χ1) is 6.48. The first-order valence-corrected chi connectivity index (χ1v) is 4.93. The molecule has 0 bridgehead atoms. The maximum Gasteiger partial charge on any atom is 0.586 e. The van der Waals surface area contributed by atoms with Crippen LogP contribution in [0.3, 0.4) is 0 Å². The van der Waals surface area contributed by atoms with Crippen LogP contribution in [0.5, 0.6) is 11.5 Å². The minimum atomic E-state index is -3.53. The van der Waals surface area contributed by atoms with Gasteiger partial charge in [-0.1, -0.05) is 22.0 Å². The molecule has 2 nitrogen and oxygen atoms in total. The van der Waals surface area contributed by atoms with Crippen LogP contribution in [0.1, 0.15) is 17.3 Å². The monoisotopic (exact) mass is 264 g/mol. The maximum atomic E-state index is 12.6. The highest BCUT2D eigenvalue weighted by Gasteiger charge is 2.43. The minimum absolute atomic E-state index is 0.0758. The molecule has 14 heavy (non-hydrogen) atoms. The largest absolute Gasteiger partial charge is 0.586 e. The highest BCUT2D eigenvalue weighted by atomic mass is 79.9. The predicted octanol–water partition coefficient (Wildman–Crippen LogP) is 3.46. The zero-order chi connectivity index (χ0) is 10.3. The summed E-state index contributed by atoms with van der Waals surface area (Å²) in [6, 6.07) is 4.72. The summed E-state index contributed by atoms with van der Waals surface area (Å²) < 4.78 is 33.8. The number of alkyl halides is 3. The van der Waals surface area contributed by atoms with E-state index in [0.717, 1.165) is 5.56 Å². The Morgan fingerprint density at radius 3 is 2.57 bits per heavy atom. The van der Waals surface area contributed by atoms with Gasteiger partial charge in [-0.05, 0) is 24.6 Å². The molecule has 5 heteroatoms. The third-order valence-corrected chi connectivity index (χ3v) is 2.41. The molecule has 0 aromatic heterocycles. The summed E-state index contributed by atoms with van der Waals surface area (Å²) in [6.07, 6.45) is -3.53. The molecule has 1 aromatic rings. The second-order valence-electron chi connectivity index (χ2n) is 2.99. The van der Waals surface area contributed by atoms with Gasteiger partial charge in [0.05, 0.1) is 0 Å². The Labute approximate surface area is 87.9 Å². The molecule has 0 spiro atoms. The van der Waals surface area contributed by atoms with Gasteiger partial charge in [0.25, 0.3) is 0 Å². The molecule has 0 amide bonds. The van der Waals surface area contributed by atoms with Crippen molar-refractivity contribution in [3.05, 3.63) is 23.8 Å². The van der Waals surface area contributed by atoms with E-state index in [9.17, 15) is 8.78 Å². The maximum absolute atomic E-state index is 12.6. The molecule has 76 valence electrons. The molecular weight excluding hydrogens is 258 g/mol. The van der Waals surface area contributed by atoms with E-state index >= 15 is 0 Å². The Kier molecular flexibility index (Phi) is 2.14. The van der Waals surface area contributed by atoms with Gasteiger partial charge in [0, 0.05) is 4.83 Å². The number of rotatable bonds is 1. The van der Waals surface area contributed by atoms with Crippen molar-refractivity contribution >= 4 is 15.9 Å². The van der Waals surface area contributed by atoms with Crippen LogP contribution in [-0.4, -0.2) is 6.29 Å². The van der Waals surface area contributed by atoms with Crippen molar-refractivity contribution in [1.29, 1.82) is 0 Å². The highest BCUT2D eigenvalue weighted by molar-refractivity contribution is 9.09. The van der Waals surface area contributed by atoms with E-state index in [1.165, 1.54) is 12.1 Å². The Balaban J connectivity index is 2.36. The molecular formula is C9H7BrF2O2. The molecule has 1 aromatic carbocycles. The lowest BCUT2D eigenvalue weighted by Gasteiger charge is -2.04. The number of halogens is 3. The van der Waals surface area contributed by atoms with Crippen molar-refractivity contribution in [2.75, 3.05) is 0 Å². The van der Waals surface area contributed by atoms with Crippen LogP contribution in [0.2, 0.25) is 0 Å². The number of fused-ring (bicyclic) bond motifs is 1. The molecule has 0 fully saturated rings. The van der Waals surface area contributed by atoms with Crippen LogP contribution in [-0.2, 0) is 0 Å². The SMILES string of the molecule is CC(Br)c1ccc2c(c1)OC(F)(F)O2. The Morgan fingerprint density at radius 1 is 1.29 bits per heavy atom. The van der Waals surface area contributed by atoms with Gasteiger partial charge in [-0.3, -0.25) is 0 Å². The number of ether oxygens (including phenoxy) is 2. The molecule has 0 radical (unpaired) electrons. The highest BCUT2D eigenvalue weighted by Crippen LogP contribution is 2.42. The summed E-state index contributed by atoms with van der Waals surface area (Å²) in [5.74, 6) is 0.158. The van der Waals surface area contributed by atoms with Gasteiger partial charge >= 0.3 is 6.29 Å². The Hall–Kier alpha value is -0.840. The summed E-state index contributed by atoms with van der Waals surface area (Å²) in [5, 5.41) is 0. The van der Waals surface area contributed by atoms with Crippen LogP contribution in [0.25, 0.3) is 0 Å². The third-order valence-electron chi connectivity index (χ3n) is 1.88. The van der Waals surface area contributed by atoms with E-state index in [2.05, 4.69) is 25.4 Å². The second-order valence-corrected chi connectivity index (χ2v) is 4.36. The van der Waals surface area contributed by atoms with Crippen molar-refractivity contribution in [3.8, 4) is 11.5 Å². The van der Waals surface area contributed by atoms with Gasteiger partial charge in [0.15, 0.2) is 11.5 Å². The van der Waals surface area contributed by atoms with Gasteiger partial charge in [0.2, 0.25) is 0 Å². The summed E-state index contributed by atoms with van der Waals surface area (Å²) in [7, 11) is 0. The van der Waals surface area contributed by atoms with Crippen LogP contribution < -0.4 is 9.47 Å². The average molecular weight is 265 g/mol. The van der Waals surface area contributed by atoms with Crippen molar-refractivity contribution in [1.82, 2.24) is 0 Å². The van der Waals surface area contributed by atoms with Crippen LogP contribution in [0.15, 0.2) is 18.2 Å². The number of benzene rings is 1. The van der Waals surface area contributed by atoms with Gasteiger partial charge in [-0.15, -0.1) is 8.78 Å².